The first-order valence-electron chi connectivity index (χ1n) is 9.17. The summed E-state index contributed by atoms with van der Waals surface area (Å²) in [6, 6.07) is 12.9. The molecule has 2 aromatic carbocycles. The van der Waals surface area contributed by atoms with Crippen LogP contribution in [0.2, 0.25) is 0 Å². The van der Waals surface area contributed by atoms with E-state index in [2.05, 4.69) is 16.0 Å². The molecular formula is C21H21N3O5. The van der Waals surface area contributed by atoms with E-state index in [0.717, 1.165) is 12.8 Å². The second kappa shape index (κ2) is 9.01. The number of esters is 1. The van der Waals surface area contributed by atoms with Gasteiger partial charge in [-0.15, -0.1) is 0 Å². The fraction of sp³-hybridized carbons (Fsp3) is 0.238. The summed E-state index contributed by atoms with van der Waals surface area (Å²) in [5.74, 6) is -1.70. The van der Waals surface area contributed by atoms with Crippen LogP contribution in [0.5, 0.6) is 0 Å². The van der Waals surface area contributed by atoms with Gasteiger partial charge in [-0.05, 0) is 49.2 Å². The lowest BCUT2D eigenvalue weighted by Gasteiger charge is -2.11. The molecule has 3 rings (SSSR count). The van der Waals surface area contributed by atoms with Crippen LogP contribution in [0, 0.1) is 0 Å². The van der Waals surface area contributed by atoms with E-state index in [1.165, 1.54) is 19.1 Å². The van der Waals surface area contributed by atoms with E-state index in [0.29, 0.717) is 16.9 Å². The van der Waals surface area contributed by atoms with Gasteiger partial charge in [-0.3, -0.25) is 14.4 Å². The van der Waals surface area contributed by atoms with Crippen molar-refractivity contribution in [1.29, 1.82) is 0 Å². The molecular weight excluding hydrogens is 374 g/mol. The maximum Gasteiger partial charge on any atom is 0.338 e. The average molecular weight is 395 g/mol. The van der Waals surface area contributed by atoms with Crippen LogP contribution in [0.25, 0.3) is 0 Å². The fourth-order valence-electron chi connectivity index (χ4n) is 2.57. The molecule has 0 aromatic heterocycles. The lowest BCUT2D eigenvalue weighted by atomic mass is 10.1. The Labute approximate surface area is 167 Å². The minimum absolute atomic E-state index is 0.198. The minimum atomic E-state index is -0.672. The molecule has 0 radical (unpaired) electrons. The third-order valence-electron chi connectivity index (χ3n) is 4.13. The molecule has 2 aromatic rings. The molecule has 0 unspecified atom stereocenters. The molecule has 0 bridgehead atoms. The highest BCUT2D eigenvalue weighted by Crippen LogP contribution is 2.21. The number of amides is 3. The fourth-order valence-corrected chi connectivity index (χ4v) is 2.57. The number of carbonyl (C=O) groups excluding carboxylic acids is 4. The van der Waals surface area contributed by atoms with E-state index >= 15 is 0 Å². The third kappa shape index (κ3) is 5.90. The van der Waals surface area contributed by atoms with Crippen molar-refractivity contribution in [2.24, 2.45) is 0 Å². The second-order valence-electron chi connectivity index (χ2n) is 6.68. The molecule has 1 saturated carbocycles. The van der Waals surface area contributed by atoms with Gasteiger partial charge in [0.05, 0.1) is 16.8 Å². The largest absolute Gasteiger partial charge is 0.452 e. The standard InChI is InChI=1S/C21H21N3O5/c1-13(25)22-15-8-6-14(7-9-15)21(28)29-12-19(26)24-18-5-3-2-4-17(18)20(27)23-16-10-11-16/h2-9,16H,10-12H2,1H3,(H,22,25)(H,23,27)(H,24,26). The lowest BCUT2D eigenvalue weighted by molar-refractivity contribution is -0.119. The van der Waals surface area contributed by atoms with Crippen molar-refractivity contribution >= 4 is 35.1 Å². The molecule has 8 heteroatoms. The zero-order valence-electron chi connectivity index (χ0n) is 15.9. The van der Waals surface area contributed by atoms with E-state index in [9.17, 15) is 19.2 Å². The SMILES string of the molecule is CC(=O)Nc1ccc(C(=O)OCC(=O)Nc2ccccc2C(=O)NC2CC2)cc1. The van der Waals surface area contributed by atoms with Crippen molar-refractivity contribution < 1.29 is 23.9 Å². The number of para-hydroxylation sites is 1. The van der Waals surface area contributed by atoms with Gasteiger partial charge in [0.1, 0.15) is 0 Å². The van der Waals surface area contributed by atoms with E-state index in [-0.39, 0.29) is 23.4 Å². The van der Waals surface area contributed by atoms with Crippen LogP contribution >= 0.6 is 0 Å². The summed E-state index contributed by atoms with van der Waals surface area (Å²) in [5, 5.41) is 8.06. The van der Waals surface area contributed by atoms with E-state index in [1.54, 1.807) is 36.4 Å². The molecule has 8 nitrogen and oxygen atoms in total. The monoisotopic (exact) mass is 395 g/mol. The summed E-state index contributed by atoms with van der Waals surface area (Å²) in [5.41, 5.74) is 1.50. The number of anilines is 2. The van der Waals surface area contributed by atoms with Gasteiger partial charge < -0.3 is 20.7 Å². The Morgan fingerprint density at radius 2 is 1.66 bits per heavy atom. The molecule has 1 aliphatic carbocycles. The summed E-state index contributed by atoms with van der Waals surface area (Å²) in [6.45, 7) is 0.888. The predicted octanol–water partition coefficient (Wildman–Crippen LogP) is 2.33. The Kier molecular flexibility index (Phi) is 6.23. The van der Waals surface area contributed by atoms with Gasteiger partial charge >= 0.3 is 5.97 Å². The molecule has 0 saturated heterocycles. The van der Waals surface area contributed by atoms with Crippen LogP contribution in [-0.4, -0.2) is 36.3 Å². The highest BCUT2D eigenvalue weighted by atomic mass is 16.5. The summed E-state index contributed by atoms with van der Waals surface area (Å²) >= 11 is 0. The maximum absolute atomic E-state index is 12.3. The number of carbonyl (C=O) groups is 4. The molecule has 3 amide bonds. The molecule has 0 heterocycles. The Bertz CT molecular complexity index is 936. The molecule has 0 aliphatic heterocycles. The molecule has 0 spiro atoms. The zero-order valence-corrected chi connectivity index (χ0v) is 15.9. The number of hydrogen-bond acceptors (Lipinski definition) is 5. The van der Waals surface area contributed by atoms with Gasteiger partial charge in [-0.1, -0.05) is 12.1 Å². The minimum Gasteiger partial charge on any atom is -0.452 e. The lowest BCUT2D eigenvalue weighted by Crippen LogP contribution is -2.28. The zero-order chi connectivity index (χ0) is 20.8. The van der Waals surface area contributed by atoms with Crippen molar-refractivity contribution in [3.05, 3.63) is 59.7 Å². The quantitative estimate of drug-likeness (QED) is 0.623. The Hall–Kier alpha value is -3.68. The van der Waals surface area contributed by atoms with Crippen LogP contribution in [0.4, 0.5) is 11.4 Å². The molecule has 1 aliphatic rings. The van der Waals surface area contributed by atoms with Gasteiger partial charge in [0.15, 0.2) is 6.61 Å². The Morgan fingerprint density at radius 3 is 2.31 bits per heavy atom. The topological polar surface area (TPSA) is 114 Å². The van der Waals surface area contributed by atoms with Gasteiger partial charge in [0.2, 0.25) is 5.91 Å². The van der Waals surface area contributed by atoms with E-state index < -0.39 is 18.5 Å². The summed E-state index contributed by atoms with van der Waals surface area (Å²) in [6.07, 6.45) is 1.92. The maximum atomic E-state index is 12.3. The van der Waals surface area contributed by atoms with Crippen molar-refractivity contribution in [1.82, 2.24) is 5.32 Å². The summed E-state index contributed by atoms with van der Waals surface area (Å²) in [7, 11) is 0. The Balaban J connectivity index is 1.54. The normalized spacial score (nSPS) is 12.6. The molecule has 29 heavy (non-hydrogen) atoms. The predicted molar refractivity (Wildman–Crippen MR) is 107 cm³/mol. The number of benzene rings is 2. The summed E-state index contributed by atoms with van der Waals surface area (Å²) in [4.78, 5) is 47.5. The first kappa shape index (κ1) is 20.1. The number of nitrogens with one attached hydrogen (secondary N) is 3. The van der Waals surface area contributed by atoms with Crippen molar-refractivity contribution in [3.8, 4) is 0 Å². The van der Waals surface area contributed by atoms with Crippen LogP contribution in [0.3, 0.4) is 0 Å². The number of hydrogen-bond donors (Lipinski definition) is 3. The van der Waals surface area contributed by atoms with Crippen LogP contribution in [0.15, 0.2) is 48.5 Å². The molecule has 3 N–H and O–H groups in total. The number of rotatable bonds is 7. The highest BCUT2D eigenvalue weighted by molar-refractivity contribution is 6.04. The third-order valence-corrected chi connectivity index (χ3v) is 4.13. The average Bonchev–Trinajstić information content (AvgIpc) is 3.50. The van der Waals surface area contributed by atoms with Gasteiger partial charge in [0, 0.05) is 18.7 Å². The Morgan fingerprint density at radius 1 is 0.966 bits per heavy atom. The van der Waals surface area contributed by atoms with Crippen LogP contribution < -0.4 is 16.0 Å². The first-order chi connectivity index (χ1) is 13.9. The smallest absolute Gasteiger partial charge is 0.338 e. The number of ether oxygens (including phenoxy) is 1. The molecule has 1 fully saturated rings. The second-order valence-corrected chi connectivity index (χ2v) is 6.68. The summed E-state index contributed by atoms with van der Waals surface area (Å²) < 4.78 is 5.02. The van der Waals surface area contributed by atoms with E-state index in [4.69, 9.17) is 4.74 Å². The molecule has 0 atom stereocenters. The van der Waals surface area contributed by atoms with Gasteiger partial charge in [0.25, 0.3) is 11.8 Å². The highest BCUT2D eigenvalue weighted by Gasteiger charge is 2.25. The van der Waals surface area contributed by atoms with Crippen LogP contribution in [-0.2, 0) is 14.3 Å². The van der Waals surface area contributed by atoms with Crippen molar-refractivity contribution in [2.45, 2.75) is 25.8 Å². The van der Waals surface area contributed by atoms with Crippen molar-refractivity contribution in [3.63, 3.8) is 0 Å². The first-order valence-corrected chi connectivity index (χ1v) is 9.17. The molecule has 150 valence electrons. The van der Waals surface area contributed by atoms with Gasteiger partial charge in [-0.25, -0.2) is 4.79 Å². The van der Waals surface area contributed by atoms with E-state index in [1.807, 2.05) is 0 Å². The van der Waals surface area contributed by atoms with Crippen molar-refractivity contribution in [2.75, 3.05) is 17.2 Å². The van der Waals surface area contributed by atoms with Gasteiger partial charge in [-0.2, -0.15) is 0 Å². The van der Waals surface area contributed by atoms with Crippen LogP contribution in [0.1, 0.15) is 40.5 Å².